The summed E-state index contributed by atoms with van der Waals surface area (Å²) in [6, 6.07) is 15.8. The molecular weight excluding hydrogens is 354 g/mol. The molecule has 1 aliphatic rings. The van der Waals surface area contributed by atoms with E-state index in [1.54, 1.807) is 0 Å². The number of ether oxygens (including phenoxy) is 1. The van der Waals surface area contributed by atoms with Crippen molar-refractivity contribution in [1.29, 1.82) is 0 Å². The van der Waals surface area contributed by atoms with E-state index in [-0.39, 0.29) is 11.8 Å². The number of amides is 1. The van der Waals surface area contributed by atoms with Gasteiger partial charge < -0.3 is 14.2 Å². The molecule has 0 aliphatic carbocycles. The second kappa shape index (κ2) is 7.84. The molecule has 0 bridgehead atoms. The normalized spacial score (nSPS) is 16.6. The Bertz CT molecular complexity index is 965. The van der Waals surface area contributed by atoms with E-state index in [0.717, 1.165) is 16.9 Å². The van der Waals surface area contributed by atoms with Crippen molar-refractivity contribution in [3.05, 3.63) is 65.5 Å². The van der Waals surface area contributed by atoms with Crippen LogP contribution in [0.1, 0.15) is 36.2 Å². The lowest BCUT2D eigenvalue weighted by Crippen LogP contribution is -2.24. The van der Waals surface area contributed by atoms with Crippen LogP contribution in [-0.4, -0.2) is 34.1 Å². The van der Waals surface area contributed by atoms with Crippen LogP contribution in [-0.2, 0) is 11.3 Å². The number of rotatable bonds is 6. The first-order valence-electron chi connectivity index (χ1n) is 9.52. The van der Waals surface area contributed by atoms with E-state index < -0.39 is 0 Å². The maximum Gasteiger partial charge on any atom is 0.257 e. The molecule has 0 spiro atoms. The zero-order chi connectivity index (χ0) is 19.5. The van der Waals surface area contributed by atoms with Crippen LogP contribution in [0.4, 0.5) is 0 Å². The fraction of sp³-hybridized carbons (Fsp3) is 0.318. The van der Waals surface area contributed by atoms with Crippen molar-refractivity contribution in [2.45, 2.75) is 32.7 Å². The van der Waals surface area contributed by atoms with Gasteiger partial charge in [0.25, 0.3) is 5.89 Å². The smallest absolute Gasteiger partial charge is 0.257 e. The highest BCUT2D eigenvalue weighted by Crippen LogP contribution is 2.29. The Hall–Kier alpha value is -3.15. The summed E-state index contributed by atoms with van der Waals surface area (Å²) in [7, 11) is 0. The number of aromatic nitrogens is 2. The first-order valence-corrected chi connectivity index (χ1v) is 9.52. The highest BCUT2D eigenvalue weighted by atomic mass is 16.5. The highest BCUT2D eigenvalue weighted by molar-refractivity contribution is 5.79. The summed E-state index contributed by atoms with van der Waals surface area (Å²) in [5.41, 5.74) is 3.11. The molecule has 3 aromatic rings. The summed E-state index contributed by atoms with van der Waals surface area (Å²) in [4.78, 5) is 18.9. The molecular formula is C22H23N3O3. The largest absolute Gasteiger partial charge is 0.494 e. The Balaban J connectivity index is 1.45. The molecule has 0 N–H and O–H groups in total. The highest BCUT2D eigenvalue weighted by Gasteiger charge is 2.33. The van der Waals surface area contributed by atoms with E-state index in [4.69, 9.17) is 9.26 Å². The average Bonchev–Trinajstić information content (AvgIpc) is 3.31. The van der Waals surface area contributed by atoms with Crippen LogP contribution in [0.15, 0.2) is 53.1 Å². The minimum Gasteiger partial charge on any atom is -0.494 e. The van der Waals surface area contributed by atoms with E-state index in [1.807, 2.05) is 67.3 Å². The number of carbonyl (C=O) groups is 1. The number of nitrogens with zero attached hydrogens (tertiary/aromatic N) is 3. The van der Waals surface area contributed by atoms with Crippen LogP contribution in [0.2, 0.25) is 0 Å². The van der Waals surface area contributed by atoms with Gasteiger partial charge in [-0.15, -0.1) is 0 Å². The van der Waals surface area contributed by atoms with Gasteiger partial charge in [-0.1, -0.05) is 35.0 Å². The number of hydrogen-bond donors (Lipinski definition) is 0. The third-order valence-corrected chi connectivity index (χ3v) is 4.90. The van der Waals surface area contributed by atoms with Crippen molar-refractivity contribution in [3.63, 3.8) is 0 Å². The summed E-state index contributed by atoms with van der Waals surface area (Å²) in [6.45, 7) is 5.75. The minimum atomic E-state index is -0.0504. The maximum atomic E-state index is 12.5. The Morgan fingerprint density at radius 2 is 2.04 bits per heavy atom. The van der Waals surface area contributed by atoms with Crippen LogP contribution >= 0.6 is 0 Å². The zero-order valence-corrected chi connectivity index (χ0v) is 16.1. The molecule has 1 fully saturated rings. The van der Waals surface area contributed by atoms with Crippen molar-refractivity contribution >= 4 is 5.91 Å². The first-order chi connectivity index (χ1) is 13.6. The van der Waals surface area contributed by atoms with Crippen LogP contribution in [0.25, 0.3) is 11.5 Å². The van der Waals surface area contributed by atoms with Gasteiger partial charge in [-0.05, 0) is 43.7 Å². The molecule has 6 heteroatoms. The van der Waals surface area contributed by atoms with Crippen molar-refractivity contribution in [2.75, 3.05) is 13.2 Å². The van der Waals surface area contributed by atoms with E-state index in [2.05, 4.69) is 10.1 Å². The van der Waals surface area contributed by atoms with Crippen LogP contribution in [0.5, 0.6) is 5.75 Å². The fourth-order valence-electron chi connectivity index (χ4n) is 3.43. The molecule has 1 unspecified atom stereocenters. The number of hydrogen-bond acceptors (Lipinski definition) is 5. The molecule has 4 rings (SSSR count). The van der Waals surface area contributed by atoms with E-state index in [1.165, 1.54) is 5.56 Å². The molecule has 6 nitrogen and oxygen atoms in total. The van der Waals surface area contributed by atoms with E-state index in [0.29, 0.717) is 37.8 Å². The van der Waals surface area contributed by atoms with Crippen molar-refractivity contribution in [1.82, 2.24) is 15.0 Å². The molecule has 144 valence electrons. The quantitative estimate of drug-likeness (QED) is 0.650. The second-order valence-corrected chi connectivity index (χ2v) is 7.08. The molecule has 28 heavy (non-hydrogen) atoms. The van der Waals surface area contributed by atoms with Crippen LogP contribution in [0, 0.1) is 6.92 Å². The third kappa shape index (κ3) is 3.91. The summed E-state index contributed by atoms with van der Waals surface area (Å²) in [6.07, 6.45) is 0.401. The molecule has 0 radical (unpaired) electrons. The molecule has 1 atom stereocenters. The Morgan fingerprint density at radius 3 is 2.82 bits per heavy atom. The second-order valence-electron chi connectivity index (χ2n) is 7.08. The predicted molar refractivity (Wildman–Crippen MR) is 105 cm³/mol. The van der Waals surface area contributed by atoms with Crippen LogP contribution < -0.4 is 4.74 Å². The van der Waals surface area contributed by atoms with Gasteiger partial charge in [0, 0.05) is 31.0 Å². The topological polar surface area (TPSA) is 68.5 Å². The first kappa shape index (κ1) is 18.2. The van der Waals surface area contributed by atoms with Gasteiger partial charge in [0.2, 0.25) is 5.91 Å². The summed E-state index contributed by atoms with van der Waals surface area (Å²) in [5, 5.41) is 4.13. The number of aryl methyl sites for hydroxylation is 1. The molecule has 1 saturated heterocycles. The Morgan fingerprint density at radius 1 is 1.21 bits per heavy atom. The van der Waals surface area contributed by atoms with Gasteiger partial charge in [0.05, 0.1) is 6.61 Å². The standard InChI is InChI=1S/C22H23N3O3/c1-3-27-19-6-4-5-16(11-19)13-25-14-18(12-20(25)26)21-23-22(28-24-21)17-9-7-15(2)8-10-17/h4-11,18H,3,12-14H2,1-2H3. The average molecular weight is 377 g/mol. The lowest BCUT2D eigenvalue weighted by molar-refractivity contribution is -0.128. The summed E-state index contributed by atoms with van der Waals surface area (Å²) < 4.78 is 11.0. The Kier molecular flexibility index (Phi) is 5.10. The van der Waals surface area contributed by atoms with Gasteiger partial charge >= 0.3 is 0 Å². The van der Waals surface area contributed by atoms with E-state index >= 15 is 0 Å². The van der Waals surface area contributed by atoms with E-state index in [9.17, 15) is 4.79 Å². The summed E-state index contributed by atoms with van der Waals surface area (Å²) >= 11 is 0. The lowest BCUT2D eigenvalue weighted by atomic mass is 10.1. The molecule has 1 amide bonds. The molecule has 2 heterocycles. The predicted octanol–water partition coefficient (Wildman–Crippen LogP) is 3.96. The monoisotopic (exact) mass is 377 g/mol. The van der Waals surface area contributed by atoms with Crippen molar-refractivity contribution in [3.8, 4) is 17.2 Å². The SMILES string of the molecule is CCOc1cccc(CN2CC(c3noc(-c4ccc(C)cc4)n3)CC2=O)c1. The number of likely N-dealkylation sites (tertiary alicyclic amines) is 1. The third-order valence-electron chi connectivity index (χ3n) is 4.90. The number of benzene rings is 2. The Labute approximate surface area is 164 Å². The lowest BCUT2D eigenvalue weighted by Gasteiger charge is -2.16. The fourth-order valence-corrected chi connectivity index (χ4v) is 3.43. The van der Waals surface area contributed by atoms with Gasteiger partial charge in [-0.2, -0.15) is 4.98 Å². The van der Waals surface area contributed by atoms with Crippen LogP contribution in [0.3, 0.4) is 0 Å². The van der Waals surface area contributed by atoms with Gasteiger partial charge in [0.1, 0.15) is 5.75 Å². The molecule has 1 aromatic heterocycles. The summed E-state index contributed by atoms with van der Waals surface area (Å²) in [5.74, 6) is 1.96. The van der Waals surface area contributed by atoms with Gasteiger partial charge in [-0.25, -0.2) is 0 Å². The minimum absolute atomic E-state index is 0.0504. The maximum absolute atomic E-state index is 12.5. The van der Waals surface area contributed by atoms with Gasteiger partial charge in [0.15, 0.2) is 5.82 Å². The van der Waals surface area contributed by atoms with Crippen molar-refractivity contribution in [2.24, 2.45) is 0 Å². The molecule has 1 aliphatic heterocycles. The molecule has 0 saturated carbocycles. The van der Waals surface area contributed by atoms with Gasteiger partial charge in [-0.3, -0.25) is 4.79 Å². The zero-order valence-electron chi connectivity index (χ0n) is 16.1. The van der Waals surface area contributed by atoms with Crippen molar-refractivity contribution < 1.29 is 14.1 Å². The number of carbonyl (C=O) groups excluding carboxylic acids is 1. The molecule has 2 aromatic carbocycles.